The number of hydrogen-bond donors (Lipinski definition) is 0. The third-order valence-electron chi connectivity index (χ3n) is 4.64. The molecule has 0 amide bonds. The van der Waals surface area contributed by atoms with Crippen molar-refractivity contribution in [3.63, 3.8) is 0 Å². The first-order chi connectivity index (χ1) is 7.96. The highest BCUT2D eigenvalue weighted by Crippen LogP contribution is 2.53. The van der Waals surface area contributed by atoms with E-state index in [9.17, 15) is 4.79 Å². The third kappa shape index (κ3) is 1.74. The van der Waals surface area contributed by atoms with E-state index in [1.54, 1.807) is 0 Å². The van der Waals surface area contributed by atoms with Crippen LogP contribution in [-0.2, 0) is 9.53 Å². The monoisotopic (exact) mass is 232 g/mol. The van der Waals surface area contributed by atoms with Crippen molar-refractivity contribution in [1.29, 1.82) is 0 Å². The lowest BCUT2D eigenvalue weighted by Gasteiger charge is -2.19. The summed E-state index contributed by atoms with van der Waals surface area (Å²) in [6.45, 7) is 9.44. The summed E-state index contributed by atoms with van der Waals surface area (Å²) >= 11 is 0. The lowest BCUT2D eigenvalue weighted by atomic mass is 9.86. The van der Waals surface area contributed by atoms with Crippen LogP contribution in [0.2, 0.25) is 0 Å². The molecule has 2 atom stereocenters. The fraction of sp³-hybridized carbons (Fsp3) is 0.667. The molecule has 0 bridgehead atoms. The first kappa shape index (κ1) is 11.1. The summed E-state index contributed by atoms with van der Waals surface area (Å²) < 4.78 is 5.15. The van der Waals surface area contributed by atoms with Gasteiger partial charge in [-0.1, -0.05) is 26.0 Å². The van der Waals surface area contributed by atoms with Gasteiger partial charge in [0.25, 0.3) is 0 Å². The van der Waals surface area contributed by atoms with E-state index in [1.165, 1.54) is 24.0 Å². The topological polar surface area (TPSA) is 26.3 Å². The van der Waals surface area contributed by atoms with Gasteiger partial charge in [-0.2, -0.15) is 0 Å². The first-order valence-corrected chi connectivity index (χ1v) is 6.52. The molecule has 0 aromatic carbocycles. The van der Waals surface area contributed by atoms with E-state index in [-0.39, 0.29) is 5.97 Å². The molecule has 17 heavy (non-hydrogen) atoms. The van der Waals surface area contributed by atoms with Crippen molar-refractivity contribution < 1.29 is 9.53 Å². The van der Waals surface area contributed by atoms with Gasteiger partial charge < -0.3 is 4.74 Å². The average molecular weight is 232 g/mol. The van der Waals surface area contributed by atoms with Crippen LogP contribution in [0.25, 0.3) is 0 Å². The molecule has 1 saturated carbocycles. The third-order valence-corrected chi connectivity index (χ3v) is 4.64. The summed E-state index contributed by atoms with van der Waals surface area (Å²) in [5.41, 5.74) is 3.89. The number of carbonyl (C=O) groups is 1. The smallest absolute Gasteiger partial charge is 0.334 e. The van der Waals surface area contributed by atoms with Crippen LogP contribution in [0.1, 0.15) is 39.5 Å². The van der Waals surface area contributed by atoms with Crippen LogP contribution >= 0.6 is 0 Å². The average Bonchev–Trinajstić information content (AvgIpc) is 2.68. The zero-order chi connectivity index (χ0) is 12.2. The number of cyclic esters (lactones) is 1. The molecule has 3 aliphatic rings. The first-order valence-electron chi connectivity index (χ1n) is 6.52. The van der Waals surface area contributed by atoms with Crippen LogP contribution in [-0.4, -0.2) is 12.6 Å². The summed E-state index contributed by atoms with van der Waals surface area (Å²) in [5, 5.41) is 0. The Labute approximate surface area is 103 Å². The second-order valence-electron chi connectivity index (χ2n) is 6.64. The predicted octanol–water partition coefficient (Wildman–Crippen LogP) is 3.24. The Morgan fingerprint density at radius 1 is 1.35 bits per heavy atom. The van der Waals surface area contributed by atoms with Gasteiger partial charge in [0.2, 0.25) is 0 Å². The van der Waals surface area contributed by atoms with Crippen LogP contribution in [0.3, 0.4) is 0 Å². The lowest BCUT2D eigenvalue weighted by molar-refractivity contribution is -0.136. The number of hydrogen-bond acceptors (Lipinski definition) is 2. The minimum absolute atomic E-state index is 0.0712. The van der Waals surface area contributed by atoms with Crippen molar-refractivity contribution in [3.8, 4) is 0 Å². The van der Waals surface area contributed by atoms with Gasteiger partial charge in [0.15, 0.2) is 0 Å². The molecular weight excluding hydrogens is 212 g/mol. The number of rotatable bonds is 0. The van der Waals surface area contributed by atoms with E-state index in [0.29, 0.717) is 23.9 Å². The molecule has 0 saturated heterocycles. The SMILES string of the molecule is C=C1CC2=C(C[C@@H]3CC(C)(C)C[C@H]13)C(=O)OC2. The molecule has 0 unspecified atom stereocenters. The molecule has 0 aromatic rings. The fourth-order valence-corrected chi connectivity index (χ4v) is 3.91. The molecule has 0 aromatic heterocycles. The maximum Gasteiger partial charge on any atom is 0.334 e. The molecule has 92 valence electrons. The van der Waals surface area contributed by atoms with Gasteiger partial charge in [-0.15, -0.1) is 0 Å². The molecule has 0 spiro atoms. The molecule has 2 nitrogen and oxygen atoms in total. The van der Waals surface area contributed by atoms with Gasteiger partial charge >= 0.3 is 5.97 Å². The van der Waals surface area contributed by atoms with Crippen LogP contribution < -0.4 is 0 Å². The van der Waals surface area contributed by atoms with E-state index in [0.717, 1.165) is 18.4 Å². The van der Waals surface area contributed by atoms with Crippen molar-refractivity contribution in [2.75, 3.05) is 6.61 Å². The van der Waals surface area contributed by atoms with Crippen molar-refractivity contribution in [1.82, 2.24) is 0 Å². The van der Waals surface area contributed by atoms with Crippen LogP contribution in [0.4, 0.5) is 0 Å². The Morgan fingerprint density at radius 3 is 2.88 bits per heavy atom. The van der Waals surface area contributed by atoms with Gasteiger partial charge in [0, 0.05) is 5.57 Å². The standard InChI is InChI=1S/C15H20O2/c1-9-4-11-8-17-14(16)12(11)5-10-6-15(2,3)7-13(9)10/h10,13H,1,4-8H2,2-3H3/t10-,13-/m1/s1. The van der Waals surface area contributed by atoms with Crippen LogP contribution in [0.5, 0.6) is 0 Å². The van der Waals surface area contributed by atoms with Gasteiger partial charge in [0.1, 0.15) is 6.61 Å². The Kier molecular flexibility index (Phi) is 2.26. The van der Waals surface area contributed by atoms with E-state index in [4.69, 9.17) is 4.74 Å². The van der Waals surface area contributed by atoms with Crippen molar-refractivity contribution in [2.24, 2.45) is 17.3 Å². The summed E-state index contributed by atoms with van der Waals surface area (Å²) in [7, 11) is 0. The minimum Gasteiger partial charge on any atom is -0.458 e. The Bertz CT molecular complexity index is 428. The van der Waals surface area contributed by atoms with E-state index in [2.05, 4.69) is 20.4 Å². The van der Waals surface area contributed by atoms with Crippen molar-refractivity contribution >= 4 is 5.97 Å². The number of allylic oxidation sites excluding steroid dienone is 1. The molecular formula is C15H20O2. The van der Waals surface area contributed by atoms with Gasteiger partial charge in [-0.05, 0) is 48.5 Å². The Morgan fingerprint density at radius 2 is 2.12 bits per heavy atom. The van der Waals surface area contributed by atoms with Crippen molar-refractivity contribution in [3.05, 3.63) is 23.3 Å². The van der Waals surface area contributed by atoms with Gasteiger partial charge in [0.05, 0.1) is 0 Å². The van der Waals surface area contributed by atoms with Crippen molar-refractivity contribution in [2.45, 2.75) is 39.5 Å². The largest absolute Gasteiger partial charge is 0.458 e. The molecule has 0 radical (unpaired) electrons. The molecule has 0 N–H and O–H groups in total. The second-order valence-corrected chi connectivity index (χ2v) is 6.64. The highest BCUT2D eigenvalue weighted by atomic mass is 16.5. The minimum atomic E-state index is -0.0712. The summed E-state index contributed by atoms with van der Waals surface area (Å²) in [6, 6.07) is 0. The number of esters is 1. The number of carbonyl (C=O) groups excluding carboxylic acids is 1. The summed E-state index contributed by atoms with van der Waals surface area (Å²) in [4.78, 5) is 11.7. The van der Waals surface area contributed by atoms with E-state index < -0.39 is 0 Å². The van der Waals surface area contributed by atoms with Gasteiger partial charge in [-0.25, -0.2) is 4.79 Å². The van der Waals surface area contributed by atoms with E-state index in [1.807, 2.05) is 0 Å². The highest BCUT2D eigenvalue weighted by molar-refractivity contribution is 5.92. The molecule has 1 fully saturated rings. The normalized spacial score (nSPS) is 35.4. The maximum atomic E-state index is 11.7. The van der Waals surface area contributed by atoms with Crippen LogP contribution in [0, 0.1) is 17.3 Å². The highest BCUT2D eigenvalue weighted by Gasteiger charge is 2.44. The number of fused-ring (bicyclic) bond motifs is 1. The van der Waals surface area contributed by atoms with Crippen LogP contribution in [0.15, 0.2) is 23.3 Å². The molecule has 1 aliphatic heterocycles. The Balaban J connectivity index is 1.92. The summed E-state index contributed by atoms with van der Waals surface area (Å²) in [5.74, 6) is 1.15. The van der Waals surface area contributed by atoms with Gasteiger partial charge in [-0.3, -0.25) is 0 Å². The number of ether oxygens (including phenoxy) is 1. The van der Waals surface area contributed by atoms with E-state index >= 15 is 0 Å². The molecule has 2 aliphatic carbocycles. The quantitative estimate of drug-likeness (QED) is 0.473. The second kappa shape index (κ2) is 3.47. The molecule has 3 rings (SSSR count). The summed E-state index contributed by atoms with van der Waals surface area (Å²) in [6.07, 6.45) is 4.24. The predicted molar refractivity (Wildman–Crippen MR) is 66.4 cm³/mol. The molecule has 2 heteroatoms. The zero-order valence-corrected chi connectivity index (χ0v) is 10.7. The fourth-order valence-electron chi connectivity index (χ4n) is 3.91. The Hall–Kier alpha value is -1.05. The molecule has 1 heterocycles. The lowest BCUT2D eigenvalue weighted by Crippen LogP contribution is -2.11. The maximum absolute atomic E-state index is 11.7. The zero-order valence-electron chi connectivity index (χ0n) is 10.7.